The average molecular weight is 318 g/mol. The Morgan fingerprint density at radius 2 is 1.50 bits per heavy atom. The summed E-state index contributed by atoms with van der Waals surface area (Å²) < 4.78 is 28.8. The molecule has 0 saturated heterocycles. The van der Waals surface area contributed by atoms with Gasteiger partial charge in [-0.1, -0.05) is 0 Å². The van der Waals surface area contributed by atoms with Crippen LogP contribution in [0.3, 0.4) is 0 Å². The molecule has 0 heterocycles. The van der Waals surface area contributed by atoms with Gasteiger partial charge in [-0.25, -0.2) is 0 Å². The van der Waals surface area contributed by atoms with Gasteiger partial charge in [0.1, 0.15) is 0 Å². The van der Waals surface area contributed by atoms with Crippen molar-refractivity contribution in [3.05, 3.63) is 0 Å². The van der Waals surface area contributed by atoms with E-state index in [1.54, 1.807) is 0 Å². The summed E-state index contributed by atoms with van der Waals surface area (Å²) in [6.07, 6.45) is 4.69. The molecule has 0 bridgehead atoms. The Labute approximate surface area is 128 Å². The molecule has 0 aromatic rings. The summed E-state index contributed by atoms with van der Waals surface area (Å²) >= 11 is 0. The molecule has 126 valence electrons. The maximum Gasteiger partial charge on any atom is 0.345 e. The van der Waals surface area contributed by atoms with Gasteiger partial charge in [0.25, 0.3) is 0 Å². The predicted octanol–water partition coefficient (Wildman–Crippen LogP) is 1.94. The van der Waals surface area contributed by atoms with Gasteiger partial charge in [0.05, 0.1) is 6.10 Å². The van der Waals surface area contributed by atoms with Crippen LogP contribution in [0.25, 0.3) is 0 Å². The highest BCUT2D eigenvalue weighted by molar-refractivity contribution is 5.79. The molecule has 5 nitrogen and oxygen atoms in total. The van der Waals surface area contributed by atoms with Gasteiger partial charge in [-0.15, -0.1) is 0 Å². The number of carbonyl (C=O) groups is 2. The van der Waals surface area contributed by atoms with Crippen molar-refractivity contribution in [3.8, 4) is 0 Å². The SMILES string of the molecule is NC(=O)C1CCC(NC(=O)C2CCC(OC(F)F)CC2)CC1. The van der Waals surface area contributed by atoms with Gasteiger partial charge in [-0.3, -0.25) is 9.59 Å². The van der Waals surface area contributed by atoms with Crippen LogP contribution in [0.4, 0.5) is 8.78 Å². The Morgan fingerprint density at radius 1 is 0.955 bits per heavy atom. The van der Waals surface area contributed by atoms with E-state index in [1.807, 2.05) is 0 Å². The molecule has 0 aromatic heterocycles. The Kier molecular flexibility index (Phi) is 6.11. The number of alkyl halides is 2. The third-order valence-electron chi connectivity index (χ3n) is 4.82. The molecule has 7 heteroatoms. The average Bonchev–Trinajstić information content (AvgIpc) is 2.48. The number of nitrogens with two attached hydrogens (primary N) is 1. The van der Waals surface area contributed by atoms with Gasteiger partial charge in [0.2, 0.25) is 11.8 Å². The van der Waals surface area contributed by atoms with E-state index in [4.69, 9.17) is 5.73 Å². The van der Waals surface area contributed by atoms with E-state index >= 15 is 0 Å². The molecule has 2 saturated carbocycles. The number of hydrogen-bond acceptors (Lipinski definition) is 3. The number of rotatable bonds is 5. The highest BCUT2D eigenvalue weighted by Gasteiger charge is 2.31. The Morgan fingerprint density at radius 3 is 2.00 bits per heavy atom. The van der Waals surface area contributed by atoms with E-state index in [2.05, 4.69) is 10.1 Å². The first-order chi connectivity index (χ1) is 10.5. The van der Waals surface area contributed by atoms with Gasteiger partial charge >= 0.3 is 6.61 Å². The van der Waals surface area contributed by atoms with Crippen LogP contribution in [-0.4, -0.2) is 30.6 Å². The summed E-state index contributed by atoms with van der Waals surface area (Å²) in [6, 6.07) is 0.0955. The quantitative estimate of drug-likeness (QED) is 0.813. The molecule has 0 aromatic carbocycles. The lowest BCUT2D eigenvalue weighted by Crippen LogP contribution is -2.43. The lowest BCUT2D eigenvalue weighted by molar-refractivity contribution is -0.172. The molecule has 0 atom stereocenters. The van der Waals surface area contributed by atoms with E-state index < -0.39 is 12.7 Å². The molecule has 0 spiro atoms. The summed E-state index contributed by atoms with van der Waals surface area (Å²) in [5, 5.41) is 3.02. The lowest BCUT2D eigenvalue weighted by Gasteiger charge is -2.31. The summed E-state index contributed by atoms with van der Waals surface area (Å²) in [7, 11) is 0. The van der Waals surface area contributed by atoms with Crippen LogP contribution in [0, 0.1) is 11.8 Å². The van der Waals surface area contributed by atoms with Crippen LogP contribution in [0.2, 0.25) is 0 Å². The molecule has 2 rings (SSSR count). The van der Waals surface area contributed by atoms with Crippen LogP contribution in [0.5, 0.6) is 0 Å². The third-order valence-corrected chi connectivity index (χ3v) is 4.82. The second-order valence-electron chi connectivity index (χ2n) is 6.33. The fourth-order valence-electron chi connectivity index (χ4n) is 3.45. The van der Waals surface area contributed by atoms with Crippen LogP contribution < -0.4 is 11.1 Å². The third kappa shape index (κ3) is 4.90. The van der Waals surface area contributed by atoms with Crippen LogP contribution in [0.1, 0.15) is 51.4 Å². The van der Waals surface area contributed by atoms with Crippen LogP contribution >= 0.6 is 0 Å². The van der Waals surface area contributed by atoms with Gasteiger partial charge < -0.3 is 15.8 Å². The minimum atomic E-state index is -2.74. The molecule has 2 aliphatic rings. The summed E-state index contributed by atoms with van der Waals surface area (Å²) in [5.74, 6) is -0.457. The monoisotopic (exact) mass is 318 g/mol. The summed E-state index contributed by atoms with van der Waals surface area (Å²) in [6.45, 7) is -2.74. The maximum atomic E-state index is 12.2. The van der Waals surface area contributed by atoms with Crippen molar-refractivity contribution < 1.29 is 23.1 Å². The number of carbonyl (C=O) groups excluding carboxylic acids is 2. The van der Waals surface area contributed by atoms with Gasteiger partial charge in [0, 0.05) is 17.9 Å². The molecule has 22 heavy (non-hydrogen) atoms. The smallest absolute Gasteiger partial charge is 0.345 e. The number of nitrogens with one attached hydrogen (secondary N) is 1. The van der Waals surface area contributed by atoms with Crippen molar-refractivity contribution in [2.24, 2.45) is 17.6 Å². The Bertz CT molecular complexity index is 390. The lowest BCUT2D eigenvalue weighted by atomic mass is 9.84. The van der Waals surface area contributed by atoms with E-state index in [9.17, 15) is 18.4 Å². The highest BCUT2D eigenvalue weighted by atomic mass is 19.3. The first kappa shape index (κ1) is 17.1. The van der Waals surface area contributed by atoms with Gasteiger partial charge in [-0.05, 0) is 51.4 Å². The second-order valence-corrected chi connectivity index (χ2v) is 6.33. The second kappa shape index (κ2) is 7.85. The minimum Gasteiger partial charge on any atom is -0.369 e. The molecular weight excluding hydrogens is 294 g/mol. The van der Waals surface area contributed by atoms with E-state index in [0.29, 0.717) is 25.7 Å². The fourth-order valence-corrected chi connectivity index (χ4v) is 3.45. The van der Waals surface area contributed by atoms with Crippen molar-refractivity contribution in [1.29, 1.82) is 0 Å². The number of halogens is 2. The van der Waals surface area contributed by atoms with Crippen molar-refractivity contribution in [2.45, 2.75) is 70.1 Å². The summed E-state index contributed by atoms with van der Waals surface area (Å²) in [4.78, 5) is 23.3. The van der Waals surface area contributed by atoms with Gasteiger partial charge in [0.15, 0.2) is 0 Å². The standard InChI is InChI=1S/C15H24F2N2O3/c16-15(17)22-12-7-3-10(4-8-12)14(21)19-11-5-1-9(2-6-11)13(18)20/h9-12,15H,1-8H2,(H2,18,20)(H,19,21). The fraction of sp³-hybridized carbons (Fsp3) is 0.867. The molecule has 2 aliphatic carbocycles. The molecule has 2 amide bonds. The number of hydrogen-bond donors (Lipinski definition) is 2. The zero-order valence-corrected chi connectivity index (χ0v) is 12.6. The number of primary amides is 1. The molecule has 0 radical (unpaired) electrons. The Balaban J connectivity index is 1.69. The van der Waals surface area contributed by atoms with E-state index in [1.165, 1.54) is 0 Å². The molecule has 2 fully saturated rings. The van der Waals surface area contributed by atoms with Gasteiger partial charge in [-0.2, -0.15) is 8.78 Å². The Hall–Kier alpha value is -1.24. The highest BCUT2D eigenvalue weighted by Crippen LogP contribution is 2.29. The van der Waals surface area contributed by atoms with Crippen molar-refractivity contribution in [1.82, 2.24) is 5.32 Å². The predicted molar refractivity (Wildman–Crippen MR) is 75.9 cm³/mol. The molecule has 0 aliphatic heterocycles. The normalized spacial score (nSPS) is 32.7. The molecule has 0 unspecified atom stereocenters. The number of ether oxygens (including phenoxy) is 1. The van der Waals surface area contributed by atoms with Crippen molar-refractivity contribution in [3.63, 3.8) is 0 Å². The van der Waals surface area contributed by atoms with Crippen LogP contribution in [0.15, 0.2) is 0 Å². The first-order valence-corrected chi connectivity index (χ1v) is 7.99. The largest absolute Gasteiger partial charge is 0.369 e. The van der Waals surface area contributed by atoms with E-state index in [0.717, 1.165) is 25.7 Å². The van der Waals surface area contributed by atoms with Crippen molar-refractivity contribution >= 4 is 11.8 Å². The zero-order valence-electron chi connectivity index (χ0n) is 12.6. The first-order valence-electron chi connectivity index (χ1n) is 7.99. The van der Waals surface area contributed by atoms with Crippen molar-refractivity contribution in [2.75, 3.05) is 0 Å². The molecular formula is C15H24F2N2O3. The van der Waals surface area contributed by atoms with Crippen LogP contribution in [-0.2, 0) is 14.3 Å². The zero-order chi connectivity index (χ0) is 16.1. The molecule has 3 N–H and O–H groups in total. The topological polar surface area (TPSA) is 81.4 Å². The van der Waals surface area contributed by atoms with E-state index in [-0.39, 0.29) is 29.7 Å². The summed E-state index contributed by atoms with van der Waals surface area (Å²) in [5.41, 5.74) is 5.29. The number of amides is 2. The maximum absolute atomic E-state index is 12.2. The minimum absolute atomic E-state index is 0.00183.